The van der Waals surface area contributed by atoms with Crippen molar-refractivity contribution in [3.05, 3.63) is 33.1 Å². The van der Waals surface area contributed by atoms with Crippen molar-refractivity contribution in [3.63, 3.8) is 0 Å². The van der Waals surface area contributed by atoms with Crippen molar-refractivity contribution in [3.8, 4) is 0 Å². The number of ether oxygens (including phenoxy) is 1. The van der Waals surface area contributed by atoms with Crippen LogP contribution >= 0.6 is 23.0 Å². The number of rotatable bonds is 4. The molecule has 1 N–H and O–H groups in total. The van der Waals surface area contributed by atoms with Crippen molar-refractivity contribution >= 4 is 23.0 Å². The summed E-state index contributed by atoms with van der Waals surface area (Å²) >= 11 is 1.87. The lowest BCUT2D eigenvalue weighted by molar-refractivity contribution is -0.141. The van der Waals surface area contributed by atoms with Gasteiger partial charge in [0.05, 0.1) is 12.7 Å². The number of nitrogens with one attached hydrogen (secondary N) is 1. The highest BCUT2D eigenvalue weighted by Crippen LogP contribution is 2.28. The van der Waals surface area contributed by atoms with Crippen LogP contribution in [0.3, 0.4) is 0 Å². The maximum Gasteiger partial charge on any atom is 0.330 e. The highest BCUT2D eigenvalue weighted by molar-refractivity contribution is 14.1. The molecule has 1 saturated carbocycles. The van der Waals surface area contributed by atoms with Crippen molar-refractivity contribution in [1.82, 2.24) is 14.5 Å². The average Bonchev–Trinajstić information content (AvgIpc) is 2.56. The number of hydrogen-bond acceptors (Lipinski definition) is 5. The summed E-state index contributed by atoms with van der Waals surface area (Å²) < 4.78 is 12.7. The Kier molecular flexibility index (Phi) is 5.89. The zero-order valence-electron chi connectivity index (χ0n) is 12.9. The molecule has 2 heterocycles. The third kappa shape index (κ3) is 4.23. The average molecular weight is 435 g/mol. The summed E-state index contributed by atoms with van der Waals surface area (Å²) in [5.74, 6) is 0. The fourth-order valence-corrected chi connectivity index (χ4v) is 3.96. The highest BCUT2D eigenvalue weighted by Gasteiger charge is 2.33. The minimum Gasteiger partial charge on any atom is -0.349 e. The van der Waals surface area contributed by atoms with E-state index in [0.29, 0.717) is 19.2 Å². The lowest BCUT2D eigenvalue weighted by Crippen LogP contribution is -2.53. The van der Waals surface area contributed by atoms with E-state index in [0.717, 1.165) is 6.54 Å². The van der Waals surface area contributed by atoms with Crippen molar-refractivity contribution in [2.45, 2.75) is 50.5 Å². The smallest absolute Gasteiger partial charge is 0.330 e. The van der Waals surface area contributed by atoms with Gasteiger partial charge in [-0.25, -0.2) is 4.79 Å². The van der Waals surface area contributed by atoms with Crippen molar-refractivity contribution in [2.75, 3.05) is 19.7 Å². The van der Waals surface area contributed by atoms with E-state index in [1.807, 2.05) is 23.0 Å². The second-order valence-electron chi connectivity index (χ2n) is 6.25. The summed E-state index contributed by atoms with van der Waals surface area (Å²) in [6, 6.07) is 1.90. The quantitative estimate of drug-likeness (QED) is 0.725. The van der Waals surface area contributed by atoms with Crippen LogP contribution < -0.4 is 11.2 Å². The molecule has 0 amide bonds. The molecule has 0 spiro atoms. The normalized spacial score (nSPS) is 27.2. The molecule has 2 unspecified atom stereocenters. The molecule has 1 saturated heterocycles. The third-order valence-electron chi connectivity index (χ3n) is 4.68. The van der Waals surface area contributed by atoms with Gasteiger partial charge in [-0.1, -0.05) is 19.3 Å². The summed E-state index contributed by atoms with van der Waals surface area (Å²) in [5, 5.41) is 0. The van der Waals surface area contributed by atoms with E-state index in [9.17, 15) is 9.59 Å². The van der Waals surface area contributed by atoms with Crippen LogP contribution in [0, 0.1) is 0 Å². The Labute approximate surface area is 148 Å². The molecule has 8 heteroatoms. The minimum absolute atomic E-state index is 0.0774. The Morgan fingerprint density at radius 3 is 2.74 bits per heavy atom. The predicted octanol–water partition coefficient (Wildman–Crippen LogP) is 1.44. The number of aromatic nitrogens is 2. The Morgan fingerprint density at radius 1 is 1.26 bits per heavy atom. The van der Waals surface area contributed by atoms with Crippen LogP contribution in [0.4, 0.5) is 0 Å². The first kappa shape index (κ1) is 17.1. The second kappa shape index (κ2) is 7.91. The zero-order chi connectivity index (χ0) is 16.2. The van der Waals surface area contributed by atoms with Gasteiger partial charge < -0.3 is 7.80 Å². The summed E-state index contributed by atoms with van der Waals surface area (Å²) in [6.45, 7) is 1.97. The molecular formula is C15H22IN3O4. The summed E-state index contributed by atoms with van der Waals surface area (Å²) in [4.78, 5) is 28.0. The Bertz CT molecular complexity index is 626. The van der Waals surface area contributed by atoms with Crippen LogP contribution in [0.25, 0.3) is 0 Å². The van der Waals surface area contributed by atoms with E-state index in [2.05, 4.69) is 9.88 Å². The lowest BCUT2D eigenvalue weighted by Gasteiger charge is -2.43. The molecule has 0 bridgehead atoms. The SMILES string of the molecule is O=c1ccn(C2CN(C3CCCCC3)CC(COI)O2)c(=O)[nH]1. The van der Waals surface area contributed by atoms with E-state index < -0.39 is 17.5 Å². The first-order valence-electron chi connectivity index (χ1n) is 8.12. The van der Waals surface area contributed by atoms with Crippen LogP contribution in [-0.2, 0) is 7.80 Å². The summed E-state index contributed by atoms with van der Waals surface area (Å²) in [5.41, 5.74) is -0.819. The lowest BCUT2D eigenvalue weighted by atomic mass is 9.93. The van der Waals surface area contributed by atoms with Gasteiger partial charge in [-0.15, -0.1) is 0 Å². The van der Waals surface area contributed by atoms with Gasteiger partial charge in [0.2, 0.25) is 0 Å². The molecule has 7 nitrogen and oxygen atoms in total. The molecule has 1 aliphatic heterocycles. The Balaban J connectivity index is 1.80. The second-order valence-corrected chi connectivity index (χ2v) is 6.87. The third-order valence-corrected chi connectivity index (χ3v) is 5.04. The maximum absolute atomic E-state index is 12.1. The molecule has 2 aliphatic rings. The van der Waals surface area contributed by atoms with Gasteiger partial charge >= 0.3 is 5.69 Å². The van der Waals surface area contributed by atoms with Crippen LogP contribution in [0.2, 0.25) is 0 Å². The molecule has 128 valence electrons. The fraction of sp³-hybridized carbons (Fsp3) is 0.733. The largest absolute Gasteiger partial charge is 0.349 e. The minimum atomic E-state index is -0.429. The standard InChI is InChI=1S/C15H22IN3O4/c16-22-10-12-8-18(11-4-2-1-3-5-11)9-14(23-12)19-7-6-13(20)17-15(19)21/h6-7,11-12,14H,1-5,8-10H2,(H,17,20,21). The monoisotopic (exact) mass is 435 g/mol. The highest BCUT2D eigenvalue weighted by atomic mass is 127. The molecular weight excluding hydrogens is 413 g/mol. The van der Waals surface area contributed by atoms with E-state index in [1.54, 1.807) is 0 Å². The molecule has 3 rings (SSSR count). The molecule has 1 aromatic heterocycles. The van der Waals surface area contributed by atoms with Gasteiger partial charge in [0, 0.05) is 31.4 Å². The molecule has 0 aromatic carbocycles. The summed E-state index contributed by atoms with van der Waals surface area (Å²) in [7, 11) is 0. The van der Waals surface area contributed by atoms with E-state index in [-0.39, 0.29) is 6.10 Å². The molecule has 23 heavy (non-hydrogen) atoms. The van der Waals surface area contributed by atoms with Gasteiger partial charge in [0.25, 0.3) is 5.56 Å². The number of morpholine rings is 1. The number of halogens is 1. The van der Waals surface area contributed by atoms with Crippen LogP contribution in [0.1, 0.15) is 38.3 Å². The van der Waals surface area contributed by atoms with Gasteiger partial charge in [-0.05, 0) is 12.8 Å². The van der Waals surface area contributed by atoms with Gasteiger partial charge in [0.15, 0.2) is 6.23 Å². The number of aromatic amines is 1. The number of hydrogen-bond donors (Lipinski definition) is 1. The Morgan fingerprint density at radius 2 is 2.04 bits per heavy atom. The van der Waals surface area contributed by atoms with E-state index in [1.165, 1.54) is 48.9 Å². The van der Waals surface area contributed by atoms with Gasteiger partial charge in [0.1, 0.15) is 23.0 Å². The molecule has 2 fully saturated rings. The molecule has 1 aliphatic carbocycles. The maximum atomic E-state index is 12.1. The van der Waals surface area contributed by atoms with Crippen molar-refractivity contribution < 1.29 is 7.80 Å². The molecule has 0 radical (unpaired) electrons. The first-order chi connectivity index (χ1) is 11.2. The van der Waals surface area contributed by atoms with Crippen LogP contribution in [0.5, 0.6) is 0 Å². The van der Waals surface area contributed by atoms with E-state index >= 15 is 0 Å². The van der Waals surface area contributed by atoms with Crippen molar-refractivity contribution in [1.29, 1.82) is 0 Å². The first-order valence-corrected chi connectivity index (χ1v) is 9.00. The fourth-order valence-electron chi connectivity index (χ4n) is 3.56. The van der Waals surface area contributed by atoms with E-state index in [4.69, 9.17) is 7.80 Å². The van der Waals surface area contributed by atoms with Gasteiger partial charge in [-0.3, -0.25) is 19.2 Å². The molecule has 1 aromatic rings. The zero-order valence-corrected chi connectivity index (χ0v) is 15.1. The number of nitrogens with zero attached hydrogens (tertiary/aromatic N) is 2. The predicted molar refractivity (Wildman–Crippen MR) is 93.7 cm³/mol. The van der Waals surface area contributed by atoms with Gasteiger partial charge in [-0.2, -0.15) is 0 Å². The summed E-state index contributed by atoms with van der Waals surface area (Å²) in [6.07, 6.45) is 7.27. The topological polar surface area (TPSA) is 76.6 Å². The molecule has 2 atom stereocenters. The Hall–Kier alpha value is -0.710. The van der Waals surface area contributed by atoms with Crippen molar-refractivity contribution in [2.24, 2.45) is 0 Å². The van der Waals surface area contributed by atoms with Crippen LogP contribution in [-0.4, -0.2) is 46.3 Å². The number of H-pyrrole nitrogens is 1. The van der Waals surface area contributed by atoms with Crippen LogP contribution in [0.15, 0.2) is 21.9 Å².